The van der Waals surface area contributed by atoms with Crippen molar-refractivity contribution in [2.45, 2.75) is 51.6 Å². The zero-order chi connectivity index (χ0) is 18.3. The number of hydrogen-bond acceptors (Lipinski definition) is 4. The van der Waals surface area contributed by atoms with E-state index in [0.29, 0.717) is 12.1 Å². The van der Waals surface area contributed by atoms with Crippen LogP contribution in [0, 0.1) is 19.8 Å². The van der Waals surface area contributed by atoms with E-state index in [1.54, 1.807) is 0 Å². The molecule has 0 bridgehead atoms. The molecule has 0 spiro atoms. The normalized spacial score (nSPS) is 22.4. The monoisotopic (exact) mass is 353 g/mol. The first-order valence-corrected chi connectivity index (χ1v) is 9.59. The fourth-order valence-corrected chi connectivity index (χ4v) is 3.97. The van der Waals surface area contributed by atoms with Crippen LogP contribution in [0.5, 0.6) is 0 Å². The molecule has 2 aromatic rings. The molecule has 0 aliphatic heterocycles. The van der Waals surface area contributed by atoms with Gasteiger partial charge < -0.3 is 10.4 Å². The highest BCUT2D eigenvalue weighted by Crippen LogP contribution is 2.36. The van der Waals surface area contributed by atoms with Crippen molar-refractivity contribution in [1.29, 1.82) is 0 Å². The fraction of sp³-hybridized carbons (Fsp3) is 0.524. The second-order valence-electron chi connectivity index (χ2n) is 7.95. The molecule has 0 amide bonds. The highest BCUT2D eigenvalue weighted by atomic mass is 16.4. The number of nitrogens with zero attached hydrogens (tertiary/aromatic N) is 2. The van der Waals surface area contributed by atoms with E-state index in [4.69, 9.17) is 0 Å². The number of fused-ring (bicyclic) bond motifs is 1. The van der Waals surface area contributed by atoms with Crippen molar-refractivity contribution in [2.75, 3.05) is 18.4 Å². The second-order valence-corrected chi connectivity index (χ2v) is 7.95. The number of anilines is 1. The Bertz CT molecular complexity index is 825. The van der Waals surface area contributed by atoms with Gasteiger partial charge >= 0.3 is 5.97 Å². The van der Waals surface area contributed by atoms with E-state index >= 15 is 0 Å². The molecule has 0 unspecified atom stereocenters. The Morgan fingerprint density at radius 3 is 2.69 bits per heavy atom. The molecular formula is C21H27N3O2. The minimum Gasteiger partial charge on any atom is -0.480 e. The van der Waals surface area contributed by atoms with Gasteiger partial charge in [-0.2, -0.15) is 0 Å². The first-order valence-electron chi connectivity index (χ1n) is 9.59. The Balaban J connectivity index is 1.46. The molecule has 4 rings (SSSR count). The second kappa shape index (κ2) is 6.88. The van der Waals surface area contributed by atoms with Crippen molar-refractivity contribution in [1.82, 2.24) is 9.88 Å². The molecule has 1 aromatic heterocycles. The third-order valence-corrected chi connectivity index (χ3v) is 5.89. The minimum atomic E-state index is -0.714. The number of nitrogens with one attached hydrogen (secondary N) is 1. The predicted octanol–water partition coefficient (Wildman–Crippen LogP) is 3.59. The highest BCUT2D eigenvalue weighted by Gasteiger charge is 2.37. The van der Waals surface area contributed by atoms with Gasteiger partial charge in [0.1, 0.15) is 0 Å². The largest absolute Gasteiger partial charge is 0.480 e. The van der Waals surface area contributed by atoms with E-state index in [2.05, 4.69) is 47.2 Å². The van der Waals surface area contributed by atoms with E-state index in [9.17, 15) is 9.90 Å². The average Bonchev–Trinajstić information content (AvgIpc) is 3.36. The third kappa shape index (κ3) is 3.54. The molecule has 2 fully saturated rings. The van der Waals surface area contributed by atoms with Crippen LogP contribution >= 0.6 is 0 Å². The molecule has 2 aliphatic rings. The van der Waals surface area contributed by atoms with Crippen LogP contribution in [0.3, 0.4) is 0 Å². The van der Waals surface area contributed by atoms with Crippen molar-refractivity contribution in [3.63, 3.8) is 0 Å². The Kier molecular flexibility index (Phi) is 4.57. The van der Waals surface area contributed by atoms with Crippen LogP contribution in [0.15, 0.2) is 24.3 Å². The number of aromatic nitrogens is 1. The lowest BCUT2D eigenvalue weighted by atomic mass is 9.84. The maximum atomic E-state index is 11.2. The quantitative estimate of drug-likeness (QED) is 0.796. The van der Waals surface area contributed by atoms with Gasteiger partial charge in [0.25, 0.3) is 0 Å². The zero-order valence-corrected chi connectivity index (χ0v) is 15.5. The van der Waals surface area contributed by atoms with E-state index < -0.39 is 5.97 Å². The summed E-state index contributed by atoms with van der Waals surface area (Å²) in [6, 6.07) is 9.04. The molecule has 5 heteroatoms. The number of hydrogen-bond donors (Lipinski definition) is 2. The zero-order valence-electron chi connectivity index (χ0n) is 15.5. The first-order chi connectivity index (χ1) is 12.5. The number of carboxylic acid groups (broad SMARTS) is 1. The van der Waals surface area contributed by atoms with Crippen molar-refractivity contribution < 1.29 is 9.90 Å². The smallest absolute Gasteiger partial charge is 0.317 e. The molecule has 0 radical (unpaired) electrons. The molecule has 0 atom stereocenters. The summed E-state index contributed by atoms with van der Waals surface area (Å²) in [5.41, 5.74) is 4.47. The van der Waals surface area contributed by atoms with Gasteiger partial charge in [-0.05, 0) is 57.1 Å². The van der Waals surface area contributed by atoms with E-state index in [1.807, 2.05) is 6.07 Å². The summed E-state index contributed by atoms with van der Waals surface area (Å²) in [5.74, 6) is 0.00375. The maximum Gasteiger partial charge on any atom is 0.317 e. The van der Waals surface area contributed by atoms with Gasteiger partial charge in [0, 0.05) is 35.4 Å². The summed E-state index contributed by atoms with van der Waals surface area (Å²) in [6.07, 6.45) is 4.53. The van der Waals surface area contributed by atoms with Gasteiger partial charge in [-0.15, -0.1) is 0 Å². The van der Waals surface area contributed by atoms with Crippen molar-refractivity contribution in [3.05, 3.63) is 35.5 Å². The predicted molar refractivity (Wildman–Crippen MR) is 104 cm³/mol. The van der Waals surface area contributed by atoms with Gasteiger partial charge in [-0.25, -0.2) is 0 Å². The highest BCUT2D eigenvalue weighted by molar-refractivity contribution is 5.93. The Morgan fingerprint density at radius 1 is 1.27 bits per heavy atom. The summed E-state index contributed by atoms with van der Waals surface area (Å²) < 4.78 is 0. The molecule has 26 heavy (non-hydrogen) atoms. The van der Waals surface area contributed by atoms with Crippen LogP contribution in [0.2, 0.25) is 0 Å². The minimum absolute atomic E-state index is 0.171. The number of aliphatic carboxylic acids is 1. The molecular weight excluding hydrogens is 326 g/mol. The SMILES string of the molecule is Cc1nc2ccccc2c(NC2CC(N(CC(=O)O)CC3CC3)C2)c1C. The molecule has 1 aromatic carbocycles. The maximum absolute atomic E-state index is 11.2. The molecule has 2 saturated carbocycles. The van der Waals surface area contributed by atoms with Gasteiger partial charge in [0.15, 0.2) is 0 Å². The first kappa shape index (κ1) is 17.3. The summed E-state index contributed by atoms with van der Waals surface area (Å²) in [6.45, 7) is 5.29. The average molecular weight is 353 g/mol. The summed E-state index contributed by atoms with van der Waals surface area (Å²) in [7, 11) is 0. The standard InChI is InChI=1S/C21H27N3O2/c1-13-14(2)22-19-6-4-3-5-18(19)21(13)23-16-9-17(10-16)24(12-20(25)26)11-15-7-8-15/h3-6,15-17H,7-12H2,1-2H3,(H,22,23)(H,25,26). The molecule has 5 nitrogen and oxygen atoms in total. The van der Waals surface area contributed by atoms with Crippen LogP contribution in [-0.4, -0.2) is 46.1 Å². The van der Waals surface area contributed by atoms with Crippen LogP contribution in [-0.2, 0) is 4.79 Å². The molecule has 0 saturated heterocycles. The van der Waals surface area contributed by atoms with E-state index in [1.165, 1.54) is 29.5 Å². The van der Waals surface area contributed by atoms with Gasteiger partial charge in [0.2, 0.25) is 0 Å². The molecule has 2 aliphatic carbocycles. The van der Waals surface area contributed by atoms with Crippen LogP contribution in [0.4, 0.5) is 5.69 Å². The number of para-hydroxylation sites is 1. The molecule has 1 heterocycles. The Hall–Kier alpha value is -2.14. The lowest BCUT2D eigenvalue weighted by Crippen LogP contribution is -2.52. The van der Waals surface area contributed by atoms with Crippen LogP contribution in [0.25, 0.3) is 10.9 Å². The Labute approximate surface area is 154 Å². The molecule has 138 valence electrons. The number of pyridine rings is 1. The third-order valence-electron chi connectivity index (χ3n) is 5.89. The van der Waals surface area contributed by atoms with Gasteiger partial charge in [0.05, 0.1) is 12.1 Å². The number of benzene rings is 1. The van der Waals surface area contributed by atoms with E-state index in [-0.39, 0.29) is 6.54 Å². The summed E-state index contributed by atoms with van der Waals surface area (Å²) >= 11 is 0. The van der Waals surface area contributed by atoms with Crippen molar-refractivity contribution >= 4 is 22.6 Å². The summed E-state index contributed by atoms with van der Waals surface area (Å²) in [4.78, 5) is 18.1. The van der Waals surface area contributed by atoms with Crippen molar-refractivity contribution in [2.24, 2.45) is 5.92 Å². The van der Waals surface area contributed by atoms with Crippen LogP contribution in [0.1, 0.15) is 36.9 Å². The number of carbonyl (C=O) groups is 1. The number of carboxylic acids is 1. The number of aryl methyl sites for hydroxylation is 1. The Morgan fingerprint density at radius 2 is 2.00 bits per heavy atom. The lowest BCUT2D eigenvalue weighted by Gasteiger charge is -2.43. The van der Waals surface area contributed by atoms with Crippen LogP contribution < -0.4 is 5.32 Å². The topological polar surface area (TPSA) is 65.5 Å². The van der Waals surface area contributed by atoms with E-state index in [0.717, 1.165) is 36.5 Å². The number of rotatable bonds is 7. The van der Waals surface area contributed by atoms with Crippen molar-refractivity contribution in [3.8, 4) is 0 Å². The fourth-order valence-electron chi connectivity index (χ4n) is 3.97. The molecule has 2 N–H and O–H groups in total. The van der Waals surface area contributed by atoms with Gasteiger partial charge in [-0.1, -0.05) is 18.2 Å². The van der Waals surface area contributed by atoms with Gasteiger partial charge in [-0.3, -0.25) is 14.7 Å². The summed E-state index contributed by atoms with van der Waals surface area (Å²) in [5, 5.41) is 14.1. The lowest BCUT2D eigenvalue weighted by molar-refractivity contribution is -0.139.